The van der Waals surface area contributed by atoms with Crippen LogP contribution in [0.1, 0.15) is 33.1 Å². The first-order valence-corrected chi connectivity index (χ1v) is 5.54. The van der Waals surface area contributed by atoms with Crippen LogP contribution < -0.4 is 4.74 Å². The molecule has 0 radical (unpaired) electrons. The Morgan fingerprint density at radius 1 is 1.27 bits per heavy atom. The van der Waals surface area contributed by atoms with Gasteiger partial charge < -0.3 is 4.74 Å². The number of ether oxygens (including phenoxy) is 1. The van der Waals surface area contributed by atoms with Gasteiger partial charge in [-0.3, -0.25) is 4.79 Å². The highest BCUT2D eigenvalue weighted by Gasteiger charge is 2.17. The van der Waals surface area contributed by atoms with Crippen LogP contribution in [0, 0.1) is 5.92 Å². The highest BCUT2D eigenvalue weighted by atomic mass is 16.5. The van der Waals surface area contributed by atoms with Crippen LogP contribution in [0.3, 0.4) is 0 Å². The second-order valence-corrected chi connectivity index (χ2v) is 3.63. The first-order valence-electron chi connectivity index (χ1n) is 5.54. The van der Waals surface area contributed by atoms with Crippen LogP contribution in [0.15, 0.2) is 30.3 Å². The van der Waals surface area contributed by atoms with Crippen molar-refractivity contribution >= 4 is 5.97 Å². The lowest BCUT2D eigenvalue weighted by atomic mass is 10.0. The van der Waals surface area contributed by atoms with Crippen LogP contribution >= 0.6 is 0 Å². The lowest BCUT2D eigenvalue weighted by Crippen LogP contribution is -2.19. The van der Waals surface area contributed by atoms with Gasteiger partial charge in [0.05, 0.1) is 5.92 Å². The Kier molecular flexibility index (Phi) is 4.88. The summed E-state index contributed by atoms with van der Waals surface area (Å²) in [4.78, 5) is 11.7. The SMILES string of the molecule is CCCC(CC)C(=O)Oc1ccccc1. The quantitative estimate of drug-likeness (QED) is 0.545. The highest BCUT2D eigenvalue weighted by molar-refractivity contribution is 5.74. The maximum absolute atomic E-state index is 11.7. The van der Waals surface area contributed by atoms with Crippen molar-refractivity contribution in [3.8, 4) is 5.75 Å². The van der Waals surface area contributed by atoms with Crippen molar-refractivity contribution in [1.29, 1.82) is 0 Å². The summed E-state index contributed by atoms with van der Waals surface area (Å²) in [6.07, 6.45) is 2.77. The molecule has 1 aromatic rings. The minimum atomic E-state index is -0.106. The second kappa shape index (κ2) is 6.23. The molecular weight excluding hydrogens is 188 g/mol. The fourth-order valence-electron chi connectivity index (χ4n) is 1.53. The largest absolute Gasteiger partial charge is 0.426 e. The van der Waals surface area contributed by atoms with Crippen LogP contribution in [0.4, 0.5) is 0 Å². The summed E-state index contributed by atoms with van der Waals surface area (Å²) in [6.45, 7) is 4.10. The molecule has 2 heteroatoms. The normalized spacial score (nSPS) is 12.1. The standard InChI is InChI=1S/C13H18O2/c1-3-8-11(4-2)13(14)15-12-9-6-5-7-10-12/h5-7,9-11H,3-4,8H2,1-2H3. The Hall–Kier alpha value is -1.31. The first kappa shape index (κ1) is 11.8. The lowest BCUT2D eigenvalue weighted by Gasteiger charge is -2.12. The van der Waals surface area contributed by atoms with Crippen molar-refractivity contribution < 1.29 is 9.53 Å². The summed E-state index contributed by atoms with van der Waals surface area (Å²) < 4.78 is 5.28. The average molecular weight is 206 g/mol. The van der Waals surface area contributed by atoms with E-state index in [0.29, 0.717) is 5.75 Å². The van der Waals surface area contributed by atoms with Gasteiger partial charge in [0.2, 0.25) is 0 Å². The maximum Gasteiger partial charge on any atom is 0.314 e. The van der Waals surface area contributed by atoms with Gasteiger partial charge in [0, 0.05) is 0 Å². The molecule has 0 aliphatic heterocycles. The van der Waals surface area contributed by atoms with Crippen LogP contribution in [-0.4, -0.2) is 5.97 Å². The number of rotatable bonds is 5. The molecule has 1 aromatic carbocycles. The smallest absolute Gasteiger partial charge is 0.314 e. The van der Waals surface area contributed by atoms with E-state index in [0.717, 1.165) is 19.3 Å². The van der Waals surface area contributed by atoms with Crippen molar-refractivity contribution in [3.05, 3.63) is 30.3 Å². The molecule has 0 aliphatic rings. The lowest BCUT2D eigenvalue weighted by molar-refractivity contribution is -0.139. The summed E-state index contributed by atoms with van der Waals surface area (Å²) in [7, 11) is 0. The molecule has 0 saturated carbocycles. The average Bonchev–Trinajstić information content (AvgIpc) is 2.27. The fraction of sp³-hybridized carbons (Fsp3) is 0.462. The Morgan fingerprint density at radius 3 is 2.47 bits per heavy atom. The van der Waals surface area contributed by atoms with Gasteiger partial charge in [-0.2, -0.15) is 0 Å². The number of carbonyl (C=O) groups excluding carboxylic acids is 1. The number of hydrogen-bond donors (Lipinski definition) is 0. The van der Waals surface area contributed by atoms with Crippen LogP contribution in [0.5, 0.6) is 5.75 Å². The summed E-state index contributed by atoms with van der Waals surface area (Å²) in [5.41, 5.74) is 0. The van der Waals surface area contributed by atoms with E-state index in [1.54, 1.807) is 12.1 Å². The van der Waals surface area contributed by atoms with E-state index in [9.17, 15) is 4.79 Å². The molecule has 0 aromatic heterocycles. The fourth-order valence-corrected chi connectivity index (χ4v) is 1.53. The molecule has 0 fully saturated rings. The van der Waals surface area contributed by atoms with Crippen LogP contribution in [-0.2, 0) is 4.79 Å². The van der Waals surface area contributed by atoms with Gasteiger partial charge in [-0.1, -0.05) is 38.5 Å². The van der Waals surface area contributed by atoms with E-state index in [1.807, 2.05) is 25.1 Å². The van der Waals surface area contributed by atoms with E-state index in [-0.39, 0.29) is 11.9 Å². The van der Waals surface area contributed by atoms with Gasteiger partial charge in [-0.25, -0.2) is 0 Å². The molecular formula is C13H18O2. The zero-order valence-corrected chi connectivity index (χ0v) is 9.40. The first-order chi connectivity index (χ1) is 7.27. The van der Waals surface area contributed by atoms with Gasteiger partial charge in [-0.15, -0.1) is 0 Å². The molecule has 0 saturated heterocycles. The monoisotopic (exact) mass is 206 g/mol. The van der Waals surface area contributed by atoms with Crippen LogP contribution in [0.25, 0.3) is 0 Å². The number of carbonyl (C=O) groups is 1. The number of hydrogen-bond acceptors (Lipinski definition) is 2. The summed E-state index contributed by atoms with van der Waals surface area (Å²) in [5, 5.41) is 0. The van der Waals surface area contributed by atoms with E-state index >= 15 is 0 Å². The number of esters is 1. The van der Waals surface area contributed by atoms with E-state index < -0.39 is 0 Å². The van der Waals surface area contributed by atoms with E-state index in [4.69, 9.17) is 4.74 Å². The molecule has 0 amide bonds. The summed E-state index contributed by atoms with van der Waals surface area (Å²) in [6, 6.07) is 9.24. The summed E-state index contributed by atoms with van der Waals surface area (Å²) >= 11 is 0. The third kappa shape index (κ3) is 3.74. The molecule has 0 N–H and O–H groups in total. The predicted octanol–water partition coefficient (Wildman–Crippen LogP) is 3.42. The third-order valence-corrected chi connectivity index (χ3v) is 2.42. The van der Waals surface area contributed by atoms with Gasteiger partial charge in [0.15, 0.2) is 0 Å². The minimum Gasteiger partial charge on any atom is -0.426 e. The minimum absolute atomic E-state index is 0.0372. The second-order valence-electron chi connectivity index (χ2n) is 3.63. The van der Waals surface area contributed by atoms with Gasteiger partial charge in [0.25, 0.3) is 0 Å². The van der Waals surface area contributed by atoms with Crippen molar-refractivity contribution in [2.45, 2.75) is 33.1 Å². The molecule has 15 heavy (non-hydrogen) atoms. The predicted molar refractivity (Wildman–Crippen MR) is 60.8 cm³/mol. The Balaban J connectivity index is 2.54. The Labute approximate surface area is 91.3 Å². The van der Waals surface area contributed by atoms with Crippen LogP contribution in [0.2, 0.25) is 0 Å². The zero-order chi connectivity index (χ0) is 11.1. The number of benzene rings is 1. The van der Waals surface area contributed by atoms with E-state index in [1.165, 1.54) is 0 Å². The molecule has 82 valence electrons. The van der Waals surface area contributed by atoms with Crippen molar-refractivity contribution in [1.82, 2.24) is 0 Å². The van der Waals surface area contributed by atoms with Crippen molar-refractivity contribution in [3.63, 3.8) is 0 Å². The molecule has 1 rings (SSSR count). The van der Waals surface area contributed by atoms with E-state index in [2.05, 4.69) is 6.92 Å². The maximum atomic E-state index is 11.7. The highest BCUT2D eigenvalue weighted by Crippen LogP contribution is 2.16. The topological polar surface area (TPSA) is 26.3 Å². The van der Waals surface area contributed by atoms with Crippen molar-refractivity contribution in [2.75, 3.05) is 0 Å². The molecule has 2 nitrogen and oxygen atoms in total. The zero-order valence-electron chi connectivity index (χ0n) is 9.40. The van der Waals surface area contributed by atoms with Gasteiger partial charge in [0.1, 0.15) is 5.75 Å². The Bertz CT molecular complexity index is 293. The molecule has 1 atom stereocenters. The molecule has 0 bridgehead atoms. The molecule has 0 spiro atoms. The number of para-hydroxylation sites is 1. The Morgan fingerprint density at radius 2 is 1.93 bits per heavy atom. The van der Waals surface area contributed by atoms with Crippen molar-refractivity contribution in [2.24, 2.45) is 5.92 Å². The molecule has 1 unspecified atom stereocenters. The van der Waals surface area contributed by atoms with Gasteiger partial charge in [-0.05, 0) is 25.0 Å². The third-order valence-electron chi connectivity index (χ3n) is 2.42. The molecule has 0 aliphatic carbocycles. The van der Waals surface area contributed by atoms with Gasteiger partial charge >= 0.3 is 5.97 Å². The molecule has 0 heterocycles. The summed E-state index contributed by atoms with van der Waals surface area (Å²) in [5.74, 6) is 0.567.